The van der Waals surface area contributed by atoms with E-state index in [1.54, 1.807) is 12.3 Å². The molecule has 0 N–H and O–H groups in total. The topological polar surface area (TPSA) is 39.2 Å². The number of aromatic nitrogens is 1. The molecule has 0 saturated carbocycles. The third-order valence-corrected chi connectivity index (χ3v) is 2.70. The zero-order chi connectivity index (χ0) is 11.1. The van der Waals surface area contributed by atoms with Gasteiger partial charge in [-0.1, -0.05) is 19.8 Å². The third kappa shape index (κ3) is 4.59. The van der Waals surface area contributed by atoms with E-state index in [1.807, 2.05) is 0 Å². The Morgan fingerprint density at radius 3 is 3.07 bits per heavy atom. The second-order valence-corrected chi connectivity index (χ2v) is 4.34. The Kier molecular flexibility index (Phi) is 5.60. The number of carbonyl (C=O) groups is 1. The summed E-state index contributed by atoms with van der Waals surface area (Å²) in [5.74, 6) is 0.369. The van der Waals surface area contributed by atoms with E-state index in [9.17, 15) is 4.79 Å². The number of ether oxygens (including phenoxy) is 1. The first-order chi connectivity index (χ1) is 7.24. The molecule has 0 fully saturated rings. The molecule has 1 heterocycles. The molecule has 0 atom stereocenters. The van der Waals surface area contributed by atoms with Crippen molar-refractivity contribution in [1.29, 1.82) is 0 Å². The van der Waals surface area contributed by atoms with E-state index in [0.717, 1.165) is 22.8 Å². The maximum absolute atomic E-state index is 11.4. The summed E-state index contributed by atoms with van der Waals surface area (Å²) >= 11 is 2.08. The lowest BCUT2D eigenvalue weighted by Gasteiger charge is -2.04. The summed E-state index contributed by atoms with van der Waals surface area (Å²) in [7, 11) is 0. The standard InChI is InChI=1S/C11H13INO2/c1-2-3-4-5-11(14)15-10-6-7-13-8-9(10)12/h6,8H,2-5H2,1H3. The fourth-order valence-corrected chi connectivity index (χ4v) is 1.50. The van der Waals surface area contributed by atoms with Crippen molar-refractivity contribution in [3.05, 3.63) is 22.0 Å². The van der Waals surface area contributed by atoms with Crippen LogP contribution in [0.5, 0.6) is 5.75 Å². The second kappa shape index (κ2) is 6.76. The quantitative estimate of drug-likeness (QED) is 0.476. The Balaban J connectivity index is 2.41. The molecule has 0 bridgehead atoms. The van der Waals surface area contributed by atoms with Crippen molar-refractivity contribution in [2.75, 3.05) is 0 Å². The van der Waals surface area contributed by atoms with Crippen molar-refractivity contribution in [3.8, 4) is 5.75 Å². The third-order valence-electron chi connectivity index (χ3n) is 1.89. The van der Waals surface area contributed by atoms with Gasteiger partial charge in [-0.15, -0.1) is 0 Å². The molecule has 4 heteroatoms. The van der Waals surface area contributed by atoms with E-state index >= 15 is 0 Å². The van der Waals surface area contributed by atoms with Crippen molar-refractivity contribution < 1.29 is 9.53 Å². The Labute approximate surface area is 103 Å². The van der Waals surface area contributed by atoms with Gasteiger partial charge in [0, 0.05) is 18.7 Å². The van der Waals surface area contributed by atoms with E-state index in [1.165, 1.54) is 0 Å². The zero-order valence-electron chi connectivity index (χ0n) is 8.62. The molecule has 0 aliphatic rings. The highest BCUT2D eigenvalue weighted by atomic mass is 127. The van der Waals surface area contributed by atoms with E-state index in [4.69, 9.17) is 4.74 Å². The minimum Gasteiger partial charge on any atom is -0.425 e. The monoisotopic (exact) mass is 318 g/mol. The lowest BCUT2D eigenvalue weighted by atomic mass is 10.2. The van der Waals surface area contributed by atoms with Crippen LogP contribution < -0.4 is 4.74 Å². The number of hydrogen-bond donors (Lipinski definition) is 0. The van der Waals surface area contributed by atoms with E-state index in [0.29, 0.717) is 12.2 Å². The first kappa shape index (κ1) is 12.4. The van der Waals surface area contributed by atoms with Crippen LogP contribution in [0.4, 0.5) is 0 Å². The maximum atomic E-state index is 11.4. The number of rotatable bonds is 5. The minimum absolute atomic E-state index is 0.180. The van der Waals surface area contributed by atoms with Crippen LogP contribution >= 0.6 is 22.6 Å². The average molecular weight is 318 g/mol. The number of nitrogens with zero attached hydrogens (tertiary/aromatic N) is 1. The minimum atomic E-state index is -0.180. The molecule has 1 radical (unpaired) electrons. The maximum Gasteiger partial charge on any atom is 0.311 e. The lowest BCUT2D eigenvalue weighted by Crippen LogP contribution is -2.08. The molecule has 15 heavy (non-hydrogen) atoms. The van der Waals surface area contributed by atoms with Gasteiger partial charge in [0.1, 0.15) is 5.75 Å². The van der Waals surface area contributed by atoms with Crippen LogP contribution in [0.1, 0.15) is 32.6 Å². The normalized spacial score (nSPS) is 10.0. The number of pyridine rings is 1. The van der Waals surface area contributed by atoms with Crippen LogP contribution in [0.15, 0.2) is 12.3 Å². The Hall–Kier alpha value is -0.650. The summed E-state index contributed by atoms with van der Waals surface area (Å²) in [6, 6.07) is 1.58. The van der Waals surface area contributed by atoms with E-state index in [2.05, 4.69) is 40.7 Å². The molecule has 1 rings (SSSR count). The summed E-state index contributed by atoms with van der Waals surface area (Å²) in [6.07, 6.45) is 7.80. The van der Waals surface area contributed by atoms with Gasteiger partial charge >= 0.3 is 5.97 Å². The molecule has 0 aliphatic heterocycles. The van der Waals surface area contributed by atoms with E-state index < -0.39 is 0 Å². The first-order valence-corrected chi connectivity index (χ1v) is 6.04. The summed E-state index contributed by atoms with van der Waals surface area (Å²) in [4.78, 5) is 15.2. The molecular weight excluding hydrogens is 305 g/mol. The highest BCUT2D eigenvalue weighted by Gasteiger charge is 2.07. The highest BCUT2D eigenvalue weighted by Crippen LogP contribution is 2.18. The van der Waals surface area contributed by atoms with Crippen molar-refractivity contribution >= 4 is 28.6 Å². The average Bonchev–Trinajstić information content (AvgIpc) is 2.22. The second-order valence-electron chi connectivity index (χ2n) is 3.18. The van der Waals surface area contributed by atoms with Crippen molar-refractivity contribution in [2.24, 2.45) is 0 Å². The summed E-state index contributed by atoms with van der Waals surface area (Å²) < 4.78 is 6.00. The zero-order valence-corrected chi connectivity index (χ0v) is 10.8. The smallest absolute Gasteiger partial charge is 0.311 e. The number of carbonyl (C=O) groups excluding carboxylic acids is 1. The van der Waals surface area contributed by atoms with Crippen LogP contribution in [0, 0.1) is 9.77 Å². The van der Waals surface area contributed by atoms with Crippen LogP contribution in [0.3, 0.4) is 0 Å². The van der Waals surface area contributed by atoms with Gasteiger partial charge < -0.3 is 4.74 Å². The van der Waals surface area contributed by atoms with Gasteiger partial charge in [-0.05, 0) is 29.0 Å². The predicted molar refractivity (Wildman–Crippen MR) is 65.6 cm³/mol. The van der Waals surface area contributed by atoms with Gasteiger partial charge in [0.05, 0.1) is 9.77 Å². The van der Waals surface area contributed by atoms with Crippen molar-refractivity contribution in [1.82, 2.24) is 4.98 Å². The molecule has 0 amide bonds. The molecular formula is C11H13INO2. The van der Waals surface area contributed by atoms with Crippen LogP contribution in [-0.2, 0) is 4.79 Å². The van der Waals surface area contributed by atoms with Crippen LogP contribution in [0.25, 0.3) is 0 Å². The molecule has 1 aromatic rings. The molecule has 0 aromatic carbocycles. The predicted octanol–water partition coefficient (Wildman–Crippen LogP) is 2.97. The summed E-state index contributed by atoms with van der Waals surface area (Å²) in [5, 5.41) is 0. The fourth-order valence-electron chi connectivity index (χ4n) is 1.09. The summed E-state index contributed by atoms with van der Waals surface area (Å²) in [6.45, 7) is 2.10. The largest absolute Gasteiger partial charge is 0.425 e. The Morgan fingerprint density at radius 2 is 2.40 bits per heavy atom. The molecule has 0 aliphatic carbocycles. The van der Waals surface area contributed by atoms with Gasteiger partial charge in [-0.25, -0.2) is 0 Å². The van der Waals surface area contributed by atoms with Gasteiger partial charge in [-0.2, -0.15) is 0 Å². The fraction of sp³-hybridized carbons (Fsp3) is 0.455. The van der Waals surface area contributed by atoms with Gasteiger partial charge in [0.25, 0.3) is 0 Å². The van der Waals surface area contributed by atoms with Crippen LogP contribution in [-0.4, -0.2) is 11.0 Å². The number of esters is 1. The number of hydrogen-bond acceptors (Lipinski definition) is 3. The van der Waals surface area contributed by atoms with Gasteiger partial charge in [0.15, 0.2) is 0 Å². The highest BCUT2D eigenvalue weighted by molar-refractivity contribution is 14.1. The number of halogens is 1. The molecule has 0 saturated heterocycles. The first-order valence-electron chi connectivity index (χ1n) is 4.96. The number of unbranched alkanes of at least 4 members (excludes halogenated alkanes) is 2. The molecule has 3 nitrogen and oxygen atoms in total. The van der Waals surface area contributed by atoms with E-state index in [-0.39, 0.29) is 5.97 Å². The molecule has 1 aromatic heterocycles. The van der Waals surface area contributed by atoms with Crippen molar-refractivity contribution in [2.45, 2.75) is 32.6 Å². The SMILES string of the molecule is CCCCCC(=O)Oc1c[c]ncc1I. The van der Waals surface area contributed by atoms with Gasteiger partial charge in [0.2, 0.25) is 0 Å². The van der Waals surface area contributed by atoms with Gasteiger partial charge in [-0.3, -0.25) is 9.78 Å². The van der Waals surface area contributed by atoms with Crippen molar-refractivity contribution in [3.63, 3.8) is 0 Å². The van der Waals surface area contributed by atoms with Crippen LogP contribution in [0.2, 0.25) is 0 Å². The Morgan fingerprint density at radius 1 is 1.60 bits per heavy atom. The Bertz CT molecular complexity index is 328. The molecule has 0 spiro atoms. The molecule has 81 valence electrons. The molecule has 0 unspecified atom stereocenters. The summed E-state index contributed by atoms with van der Waals surface area (Å²) in [5.41, 5.74) is 0. The lowest BCUT2D eigenvalue weighted by molar-refractivity contribution is -0.134.